The third-order valence-corrected chi connectivity index (χ3v) is 15.1. The van der Waals surface area contributed by atoms with Crippen LogP contribution >= 0.6 is 0 Å². The molecule has 0 aliphatic carbocycles. The maximum atomic E-state index is 6.98. The van der Waals surface area contributed by atoms with Gasteiger partial charge >= 0.3 is 0 Å². The number of hydrogen-bond donors (Lipinski definition) is 0. The molecular weight excluding hydrogens is 919 g/mol. The van der Waals surface area contributed by atoms with Crippen molar-refractivity contribution < 1.29 is 4.42 Å². The number of furan rings is 1. The number of rotatable bonds is 10. The second kappa shape index (κ2) is 19.1. The van der Waals surface area contributed by atoms with Crippen LogP contribution < -0.4 is 4.90 Å². The van der Waals surface area contributed by atoms with Gasteiger partial charge in [0.1, 0.15) is 11.2 Å². The lowest BCUT2D eigenvalue weighted by Crippen LogP contribution is -2.10. The van der Waals surface area contributed by atoms with E-state index >= 15 is 0 Å². The standard InChI is InChI=1S/C74H49NO/c1-3-17-50(18-4-1)60-39-44-67(70(49-60)54-20-5-2-6-21-54)65-29-12-11-28-64(65)55-37-42-62(43-38-55)75(61-40-35-52(36-41-61)57-25-15-26-58(47-57)59-34-33-51-19-7-8-23-56(51)48-59)71-46-45-68(66-31-16-24-53-22-9-10-27-63(53)66)74-73(71)69-30-13-14-32-72(69)76-74/h1-49H. The number of benzene rings is 13. The van der Waals surface area contributed by atoms with Gasteiger partial charge in [0.2, 0.25) is 0 Å². The van der Waals surface area contributed by atoms with Gasteiger partial charge in [-0.15, -0.1) is 0 Å². The van der Waals surface area contributed by atoms with Crippen LogP contribution in [0.3, 0.4) is 0 Å². The van der Waals surface area contributed by atoms with Crippen molar-refractivity contribution in [2.45, 2.75) is 0 Å². The first kappa shape index (κ1) is 44.7. The van der Waals surface area contributed by atoms with Crippen LogP contribution in [0.2, 0.25) is 0 Å². The Bertz CT molecular complexity index is 4430. The van der Waals surface area contributed by atoms with Gasteiger partial charge in [0.15, 0.2) is 0 Å². The Morgan fingerprint density at radius 2 is 0.711 bits per heavy atom. The monoisotopic (exact) mass is 967 g/mol. The zero-order chi connectivity index (χ0) is 50.4. The Hall–Kier alpha value is -10.0. The molecule has 76 heavy (non-hydrogen) atoms. The highest BCUT2D eigenvalue weighted by Crippen LogP contribution is 2.48. The fourth-order valence-corrected chi connectivity index (χ4v) is 11.4. The first-order chi connectivity index (χ1) is 37.7. The summed E-state index contributed by atoms with van der Waals surface area (Å²) in [5, 5.41) is 7.00. The lowest BCUT2D eigenvalue weighted by molar-refractivity contribution is 0.670. The highest BCUT2D eigenvalue weighted by molar-refractivity contribution is 6.18. The van der Waals surface area contributed by atoms with E-state index in [1.807, 2.05) is 0 Å². The quantitative estimate of drug-likeness (QED) is 0.136. The van der Waals surface area contributed by atoms with E-state index in [4.69, 9.17) is 4.42 Å². The van der Waals surface area contributed by atoms with Crippen molar-refractivity contribution in [1.29, 1.82) is 0 Å². The van der Waals surface area contributed by atoms with Gasteiger partial charge in [-0.1, -0.05) is 237 Å². The van der Waals surface area contributed by atoms with Crippen molar-refractivity contribution >= 4 is 60.5 Å². The molecule has 0 atom stereocenters. The molecule has 0 spiro atoms. The smallest absolute Gasteiger partial charge is 0.145 e. The number of para-hydroxylation sites is 1. The SMILES string of the molecule is c1ccc(-c2ccc(-c3ccccc3-c3ccc(N(c4ccc(-c5cccc(-c6ccc7ccccc7c6)c5)cc4)c4ccc(-c5cccc6ccccc56)c5oc6ccccc6c45)cc3)c(-c3ccccc3)c2)cc1. The van der Waals surface area contributed by atoms with E-state index in [1.165, 1.54) is 77.2 Å². The number of anilines is 3. The minimum atomic E-state index is 0.853. The van der Waals surface area contributed by atoms with Crippen molar-refractivity contribution in [3.63, 3.8) is 0 Å². The molecule has 0 bridgehead atoms. The van der Waals surface area contributed by atoms with Gasteiger partial charge in [0.05, 0.1) is 11.1 Å². The Kier molecular flexibility index (Phi) is 11.2. The van der Waals surface area contributed by atoms with Crippen LogP contribution in [0.25, 0.3) is 121 Å². The van der Waals surface area contributed by atoms with Gasteiger partial charge in [-0.05, 0) is 155 Å². The largest absolute Gasteiger partial charge is 0.455 e. The van der Waals surface area contributed by atoms with Gasteiger partial charge in [0.25, 0.3) is 0 Å². The molecule has 0 unspecified atom stereocenters. The predicted octanol–water partition coefficient (Wildman–Crippen LogP) is 21.0. The molecule has 2 heteroatoms. The minimum absolute atomic E-state index is 0.853. The third-order valence-electron chi connectivity index (χ3n) is 15.1. The molecular formula is C74H49NO. The summed E-state index contributed by atoms with van der Waals surface area (Å²) in [6, 6.07) is 108. The number of fused-ring (bicyclic) bond motifs is 5. The Morgan fingerprint density at radius 3 is 1.49 bits per heavy atom. The summed E-state index contributed by atoms with van der Waals surface area (Å²) in [7, 11) is 0. The van der Waals surface area contributed by atoms with Crippen LogP contribution in [0.1, 0.15) is 0 Å². The summed E-state index contributed by atoms with van der Waals surface area (Å²) in [5.74, 6) is 0. The zero-order valence-electron chi connectivity index (χ0n) is 41.6. The molecule has 0 aliphatic heterocycles. The summed E-state index contributed by atoms with van der Waals surface area (Å²) >= 11 is 0. The van der Waals surface area contributed by atoms with E-state index in [-0.39, 0.29) is 0 Å². The molecule has 2 nitrogen and oxygen atoms in total. The number of hydrogen-bond acceptors (Lipinski definition) is 2. The molecule has 14 rings (SSSR count). The number of nitrogens with zero attached hydrogens (tertiary/aromatic N) is 1. The normalized spacial score (nSPS) is 11.4. The second-order valence-corrected chi connectivity index (χ2v) is 19.6. The van der Waals surface area contributed by atoms with Crippen molar-refractivity contribution in [2.24, 2.45) is 0 Å². The van der Waals surface area contributed by atoms with Gasteiger partial charge in [-0.3, -0.25) is 0 Å². The highest BCUT2D eigenvalue weighted by atomic mass is 16.3. The molecule has 0 saturated heterocycles. The molecule has 13 aromatic carbocycles. The lowest BCUT2D eigenvalue weighted by atomic mass is 9.87. The summed E-state index contributed by atoms with van der Waals surface area (Å²) in [5.41, 5.74) is 21.2. The van der Waals surface area contributed by atoms with E-state index in [0.29, 0.717) is 0 Å². The predicted molar refractivity (Wildman–Crippen MR) is 321 cm³/mol. The average Bonchev–Trinajstić information content (AvgIpc) is 3.96. The Labute approximate surface area is 442 Å². The topological polar surface area (TPSA) is 16.4 Å². The van der Waals surface area contributed by atoms with E-state index in [9.17, 15) is 0 Å². The van der Waals surface area contributed by atoms with Crippen molar-refractivity contribution in [2.75, 3.05) is 4.90 Å². The molecule has 1 heterocycles. The minimum Gasteiger partial charge on any atom is -0.455 e. The van der Waals surface area contributed by atoms with Gasteiger partial charge in [-0.2, -0.15) is 0 Å². The highest BCUT2D eigenvalue weighted by Gasteiger charge is 2.24. The van der Waals surface area contributed by atoms with Crippen LogP contribution in [0.4, 0.5) is 17.1 Å². The van der Waals surface area contributed by atoms with Gasteiger partial charge in [-0.25, -0.2) is 0 Å². The summed E-state index contributed by atoms with van der Waals surface area (Å²) < 4.78 is 6.98. The average molecular weight is 968 g/mol. The van der Waals surface area contributed by atoms with E-state index < -0.39 is 0 Å². The molecule has 14 aromatic rings. The first-order valence-corrected chi connectivity index (χ1v) is 26.1. The summed E-state index contributed by atoms with van der Waals surface area (Å²) in [6.07, 6.45) is 0. The molecule has 0 fully saturated rings. The molecule has 0 saturated carbocycles. The van der Waals surface area contributed by atoms with Crippen LogP contribution in [-0.4, -0.2) is 0 Å². The third kappa shape index (κ3) is 8.10. The van der Waals surface area contributed by atoms with Crippen molar-refractivity contribution in [3.05, 3.63) is 297 Å². The van der Waals surface area contributed by atoms with Crippen molar-refractivity contribution in [1.82, 2.24) is 0 Å². The van der Waals surface area contributed by atoms with Gasteiger partial charge in [0, 0.05) is 22.3 Å². The first-order valence-electron chi connectivity index (χ1n) is 26.1. The lowest BCUT2D eigenvalue weighted by Gasteiger charge is -2.27. The maximum absolute atomic E-state index is 6.98. The molecule has 0 N–H and O–H groups in total. The van der Waals surface area contributed by atoms with Crippen molar-refractivity contribution in [3.8, 4) is 77.9 Å². The second-order valence-electron chi connectivity index (χ2n) is 19.6. The molecule has 0 radical (unpaired) electrons. The van der Waals surface area contributed by atoms with Crippen LogP contribution in [0.5, 0.6) is 0 Å². The van der Waals surface area contributed by atoms with E-state index in [2.05, 4.69) is 302 Å². The zero-order valence-corrected chi connectivity index (χ0v) is 41.6. The fraction of sp³-hybridized carbons (Fsp3) is 0. The Morgan fingerprint density at radius 1 is 0.237 bits per heavy atom. The Balaban J connectivity index is 0.908. The van der Waals surface area contributed by atoms with Crippen LogP contribution in [-0.2, 0) is 0 Å². The fourth-order valence-electron chi connectivity index (χ4n) is 11.4. The van der Waals surface area contributed by atoms with E-state index in [1.54, 1.807) is 0 Å². The summed E-state index contributed by atoms with van der Waals surface area (Å²) in [4.78, 5) is 2.40. The maximum Gasteiger partial charge on any atom is 0.145 e. The van der Waals surface area contributed by atoms with E-state index in [0.717, 1.165) is 61.3 Å². The summed E-state index contributed by atoms with van der Waals surface area (Å²) in [6.45, 7) is 0. The molecule has 0 aliphatic rings. The van der Waals surface area contributed by atoms with Gasteiger partial charge < -0.3 is 9.32 Å². The van der Waals surface area contributed by atoms with Crippen LogP contribution in [0, 0.1) is 0 Å². The molecule has 0 amide bonds. The van der Waals surface area contributed by atoms with Crippen LogP contribution in [0.15, 0.2) is 302 Å². The molecule has 356 valence electrons. The molecule has 1 aromatic heterocycles.